The quantitative estimate of drug-likeness (QED) is 0.647. The minimum atomic E-state index is -3.94. The molecule has 6 nitrogen and oxygen atoms in total. The molecule has 0 aliphatic carbocycles. The molecule has 0 saturated carbocycles. The molecule has 0 amide bonds. The van der Waals surface area contributed by atoms with Gasteiger partial charge in [0.25, 0.3) is 0 Å². The molecule has 0 saturated heterocycles. The van der Waals surface area contributed by atoms with Gasteiger partial charge in [0.1, 0.15) is 0 Å². The molecule has 0 unspecified atom stereocenters. The summed E-state index contributed by atoms with van der Waals surface area (Å²) in [5.41, 5.74) is 6.52. The van der Waals surface area contributed by atoms with Gasteiger partial charge in [-0.1, -0.05) is 41.9 Å². The lowest BCUT2D eigenvalue weighted by Gasteiger charge is -2.23. The van der Waals surface area contributed by atoms with Gasteiger partial charge < -0.3 is 10.5 Å². The molecule has 2 aromatic rings. The van der Waals surface area contributed by atoms with Crippen LogP contribution in [0.4, 0.5) is 0 Å². The number of hydrogen-bond acceptors (Lipinski definition) is 5. The van der Waals surface area contributed by atoms with Crippen LogP contribution in [0.3, 0.4) is 0 Å². The number of carbonyl (C=O) groups is 1. The van der Waals surface area contributed by atoms with Crippen LogP contribution in [0.25, 0.3) is 0 Å². The van der Waals surface area contributed by atoms with Crippen LogP contribution in [0.5, 0.6) is 0 Å². The van der Waals surface area contributed by atoms with E-state index in [2.05, 4.69) is 0 Å². The molecule has 0 bridgehead atoms. The predicted molar refractivity (Wildman–Crippen MR) is 108 cm³/mol. The maximum absolute atomic E-state index is 13.1. The number of ether oxygens (including phenoxy) is 1. The second-order valence-electron chi connectivity index (χ2n) is 5.56. The lowest BCUT2D eigenvalue weighted by molar-refractivity contribution is 0.0596. The third-order valence-corrected chi connectivity index (χ3v) is 6.03. The highest BCUT2D eigenvalue weighted by Gasteiger charge is 2.29. The lowest BCUT2D eigenvalue weighted by atomic mass is 10.1. The number of halogens is 2. The number of rotatable bonds is 8. The zero-order chi connectivity index (χ0) is 19.2. The van der Waals surface area contributed by atoms with Crippen LogP contribution < -0.4 is 5.73 Å². The van der Waals surface area contributed by atoms with E-state index in [1.165, 1.54) is 29.6 Å². The molecule has 0 spiro atoms. The van der Waals surface area contributed by atoms with Crippen molar-refractivity contribution in [2.75, 3.05) is 26.7 Å². The second kappa shape index (κ2) is 10.6. The van der Waals surface area contributed by atoms with Crippen molar-refractivity contribution >= 4 is 40.0 Å². The van der Waals surface area contributed by atoms with Gasteiger partial charge >= 0.3 is 5.97 Å². The summed E-state index contributed by atoms with van der Waals surface area (Å²) in [5, 5.41) is 0.249. The minimum absolute atomic E-state index is 0. The number of hydrogen-bond donors (Lipinski definition) is 1. The first-order valence-corrected chi connectivity index (χ1v) is 9.84. The topological polar surface area (TPSA) is 89.7 Å². The van der Waals surface area contributed by atoms with E-state index in [9.17, 15) is 13.2 Å². The van der Waals surface area contributed by atoms with Gasteiger partial charge in [-0.15, -0.1) is 12.4 Å². The van der Waals surface area contributed by atoms with E-state index >= 15 is 0 Å². The van der Waals surface area contributed by atoms with Crippen LogP contribution in [0.1, 0.15) is 15.9 Å². The fourth-order valence-electron chi connectivity index (χ4n) is 2.53. The molecule has 0 aromatic heterocycles. The smallest absolute Gasteiger partial charge is 0.339 e. The number of methoxy groups -OCH3 is 1. The summed E-state index contributed by atoms with van der Waals surface area (Å²) in [5.74, 6) is -0.762. The summed E-state index contributed by atoms with van der Waals surface area (Å²) in [6.07, 6.45) is 0.529. The summed E-state index contributed by atoms with van der Waals surface area (Å²) >= 11 is 5.91. The maximum atomic E-state index is 13.1. The molecule has 0 heterocycles. The van der Waals surface area contributed by atoms with E-state index in [1.54, 1.807) is 0 Å². The van der Waals surface area contributed by atoms with E-state index in [-0.39, 0.29) is 47.5 Å². The third-order valence-electron chi connectivity index (χ3n) is 3.84. The molecule has 9 heteroatoms. The van der Waals surface area contributed by atoms with Crippen LogP contribution in [0.2, 0.25) is 5.02 Å². The lowest BCUT2D eigenvalue weighted by Crippen LogP contribution is -2.37. The fourth-order valence-corrected chi connectivity index (χ4v) is 4.32. The number of esters is 1. The van der Waals surface area contributed by atoms with Crippen molar-refractivity contribution in [2.45, 2.75) is 11.3 Å². The van der Waals surface area contributed by atoms with Gasteiger partial charge in [0, 0.05) is 24.7 Å². The van der Waals surface area contributed by atoms with Crippen molar-refractivity contribution in [2.24, 2.45) is 5.73 Å². The molecule has 2 aromatic carbocycles. The Morgan fingerprint density at radius 3 is 2.41 bits per heavy atom. The molecule has 0 aliphatic rings. The van der Waals surface area contributed by atoms with Crippen molar-refractivity contribution < 1.29 is 17.9 Å². The van der Waals surface area contributed by atoms with Gasteiger partial charge in [0.05, 0.1) is 17.6 Å². The summed E-state index contributed by atoms with van der Waals surface area (Å²) in [7, 11) is -2.75. The van der Waals surface area contributed by atoms with E-state index in [0.29, 0.717) is 6.42 Å². The van der Waals surface area contributed by atoms with Gasteiger partial charge in [0.2, 0.25) is 10.0 Å². The average molecular weight is 433 g/mol. The van der Waals surface area contributed by atoms with Gasteiger partial charge in [-0.05, 0) is 30.2 Å². The average Bonchev–Trinajstić information content (AvgIpc) is 2.64. The summed E-state index contributed by atoms with van der Waals surface area (Å²) < 4.78 is 32.2. The van der Waals surface area contributed by atoms with Gasteiger partial charge in [-0.25, -0.2) is 13.2 Å². The normalized spacial score (nSPS) is 11.1. The van der Waals surface area contributed by atoms with E-state index in [4.69, 9.17) is 22.1 Å². The molecule has 0 fully saturated rings. The molecular weight excluding hydrogens is 411 g/mol. The first-order valence-electron chi connectivity index (χ1n) is 8.02. The molecular formula is C18H22Cl2N2O4S. The van der Waals surface area contributed by atoms with Crippen molar-refractivity contribution in [3.63, 3.8) is 0 Å². The first kappa shape index (κ1) is 23.4. The zero-order valence-electron chi connectivity index (χ0n) is 14.8. The molecule has 27 heavy (non-hydrogen) atoms. The maximum Gasteiger partial charge on any atom is 0.339 e. The third kappa shape index (κ3) is 5.92. The van der Waals surface area contributed by atoms with Crippen LogP contribution in [0.15, 0.2) is 53.4 Å². The van der Waals surface area contributed by atoms with Crippen LogP contribution >= 0.6 is 24.0 Å². The number of carbonyl (C=O) groups excluding carboxylic acids is 1. The number of nitrogens with two attached hydrogens (primary N) is 1. The Kier molecular flexibility index (Phi) is 9.21. The highest BCUT2D eigenvalue weighted by Crippen LogP contribution is 2.24. The Labute approximate surface area is 170 Å². The van der Waals surface area contributed by atoms with Gasteiger partial charge in [-0.2, -0.15) is 4.31 Å². The molecule has 2 rings (SSSR count). The highest BCUT2D eigenvalue weighted by molar-refractivity contribution is 7.89. The second-order valence-corrected chi connectivity index (χ2v) is 7.90. The number of nitrogens with zero attached hydrogens (tertiary/aromatic N) is 1. The van der Waals surface area contributed by atoms with Crippen molar-refractivity contribution in [3.05, 3.63) is 64.7 Å². The van der Waals surface area contributed by atoms with Gasteiger partial charge in [-0.3, -0.25) is 0 Å². The van der Waals surface area contributed by atoms with E-state index in [1.807, 2.05) is 30.3 Å². The summed E-state index contributed by atoms with van der Waals surface area (Å²) in [6.45, 7) is 0.542. The molecule has 0 radical (unpaired) electrons. The predicted octanol–water partition coefficient (Wildman–Crippen LogP) is 2.74. The van der Waals surface area contributed by atoms with Crippen LogP contribution in [-0.4, -0.2) is 45.4 Å². The largest absolute Gasteiger partial charge is 0.465 e. The van der Waals surface area contributed by atoms with Crippen molar-refractivity contribution in [3.8, 4) is 0 Å². The minimum Gasteiger partial charge on any atom is -0.465 e. The van der Waals surface area contributed by atoms with Crippen molar-refractivity contribution in [1.82, 2.24) is 4.31 Å². The Morgan fingerprint density at radius 1 is 1.15 bits per heavy atom. The molecule has 148 valence electrons. The van der Waals surface area contributed by atoms with E-state index < -0.39 is 16.0 Å². The Hall–Kier alpha value is -1.64. The monoisotopic (exact) mass is 432 g/mol. The first-order chi connectivity index (χ1) is 12.4. The van der Waals surface area contributed by atoms with Crippen molar-refractivity contribution in [1.29, 1.82) is 0 Å². The standard InChI is InChI=1S/C18H21ClN2O4S.ClH/c1-25-18(22)16-13-15(19)7-8-17(16)26(23,24)21(12-10-20)11-9-14-5-3-2-4-6-14;/h2-8,13H,9-12,20H2,1H3;1H. The Morgan fingerprint density at radius 2 is 1.81 bits per heavy atom. The highest BCUT2D eigenvalue weighted by atomic mass is 35.5. The molecule has 0 aliphatic heterocycles. The summed E-state index contributed by atoms with van der Waals surface area (Å²) in [6, 6.07) is 13.6. The fraction of sp³-hybridized carbons (Fsp3) is 0.278. The van der Waals surface area contributed by atoms with Crippen LogP contribution in [-0.2, 0) is 21.2 Å². The Balaban J connectivity index is 0.00000364. The SMILES string of the molecule is COC(=O)c1cc(Cl)ccc1S(=O)(=O)N(CCN)CCc1ccccc1.Cl. The zero-order valence-corrected chi connectivity index (χ0v) is 17.2. The molecule has 0 atom stereocenters. The van der Waals surface area contributed by atoms with Gasteiger partial charge in [0.15, 0.2) is 0 Å². The summed E-state index contributed by atoms with van der Waals surface area (Å²) in [4.78, 5) is 11.9. The molecule has 2 N–H and O–H groups in total. The number of benzene rings is 2. The van der Waals surface area contributed by atoms with E-state index in [0.717, 1.165) is 5.56 Å². The number of sulfonamides is 1. The Bertz CT molecular complexity index is 861. The van der Waals surface area contributed by atoms with Crippen LogP contribution in [0, 0.1) is 0 Å².